The second-order valence-electron chi connectivity index (χ2n) is 4.94. The summed E-state index contributed by atoms with van der Waals surface area (Å²) in [7, 11) is 0. The summed E-state index contributed by atoms with van der Waals surface area (Å²) in [5.41, 5.74) is 4.07. The van der Waals surface area contributed by atoms with Crippen LogP contribution in [0.15, 0.2) is 36.4 Å². The van der Waals surface area contributed by atoms with E-state index in [4.69, 9.17) is 0 Å². The zero-order chi connectivity index (χ0) is 14.0. The van der Waals surface area contributed by atoms with Gasteiger partial charge >= 0.3 is 0 Å². The average Bonchev–Trinajstić information content (AvgIpc) is 2.40. The first-order valence-corrected chi connectivity index (χ1v) is 6.63. The van der Waals surface area contributed by atoms with Gasteiger partial charge in [-0.05, 0) is 54.7 Å². The predicted molar refractivity (Wildman–Crippen MR) is 77.8 cm³/mol. The summed E-state index contributed by atoms with van der Waals surface area (Å²) in [6, 6.07) is 11.3. The van der Waals surface area contributed by atoms with E-state index >= 15 is 0 Å². The van der Waals surface area contributed by atoms with Gasteiger partial charge in [0.05, 0.1) is 0 Å². The highest BCUT2D eigenvalue weighted by molar-refractivity contribution is 5.48. The van der Waals surface area contributed by atoms with Crippen LogP contribution in [0.2, 0.25) is 0 Å². The molecule has 2 aromatic carbocycles. The molecule has 2 rings (SSSR count). The number of hydrogen-bond donors (Lipinski definition) is 2. The molecule has 0 fully saturated rings. The van der Waals surface area contributed by atoms with Crippen LogP contribution in [0.1, 0.15) is 41.5 Å². The summed E-state index contributed by atoms with van der Waals surface area (Å²) in [5.74, 6) is 0.849. The van der Waals surface area contributed by atoms with Crippen molar-refractivity contribution in [3.8, 4) is 11.5 Å². The normalized spacial score (nSPS) is 10.9. The monoisotopic (exact) mass is 256 g/mol. The molecule has 100 valence electrons. The molecular formula is C17H20O2. The lowest BCUT2D eigenvalue weighted by Crippen LogP contribution is -2.04. The molecule has 0 heterocycles. The summed E-state index contributed by atoms with van der Waals surface area (Å²) in [6.45, 7) is 5.99. The van der Waals surface area contributed by atoms with Gasteiger partial charge in [-0.25, -0.2) is 0 Å². The van der Waals surface area contributed by atoms with E-state index in [9.17, 15) is 10.2 Å². The molecule has 0 spiro atoms. The number of rotatable bonds is 3. The van der Waals surface area contributed by atoms with E-state index in [1.165, 1.54) is 0 Å². The number of hydrogen-bond acceptors (Lipinski definition) is 2. The third-order valence-electron chi connectivity index (χ3n) is 3.85. The van der Waals surface area contributed by atoms with Crippen LogP contribution in [0.5, 0.6) is 11.5 Å². The van der Waals surface area contributed by atoms with E-state index < -0.39 is 0 Å². The minimum absolute atomic E-state index is 0.194. The molecule has 0 aliphatic rings. The molecular weight excluding hydrogens is 236 g/mol. The van der Waals surface area contributed by atoms with Gasteiger partial charge < -0.3 is 10.2 Å². The Bertz CT molecular complexity index is 536. The fraction of sp³-hybridized carbons (Fsp3) is 0.294. The van der Waals surface area contributed by atoms with Crippen molar-refractivity contribution in [3.63, 3.8) is 0 Å². The Kier molecular flexibility index (Phi) is 3.79. The number of phenolic OH excluding ortho intramolecular Hbond substituents is 2. The van der Waals surface area contributed by atoms with E-state index in [0.29, 0.717) is 11.5 Å². The van der Waals surface area contributed by atoms with Crippen LogP contribution in [0.4, 0.5) is 0 Å². The summed E-state index contributed by atoms with van der Waals surface area (Å²) >= 11 is 0. The quantitative estimate of drug-likeness (QED) is 0.861. The third-order valence-corrected chi connectivity index (χ3v) is 3.85. The van der Waals surface area contributed by atoms with Crippen LogP contribution in [-0.4, -0.2) is 10.2 Å². The smallest absolute Gasteiger partial charge is 0.118 e. The highest BCUT2D eigenvalue weighted by Crippen LogP contribution is 2.36. The van der Waals surface area contributed by atoms with Crippen molar-refractivity contribution in [2.75, 3.05) is 0 Å². The van der Waals surface area contributed by atoms with Crippen molar-refractivity contribution in [1.29, 1.82) is 0 Å². The van der Waals surface area contributed by atoms with Crippen LogP contribution >= 0.6 is 0 Å². The minimum atomic E-state index is 0.194. The molecule has 2 nitrogen and oxygen atoms in total. The van der Waals surface area contributed by atoms with Crippen LogP contribution < -0.4 is 0 Å². The molecule has 19 heavy (non-hydrogen) atoms. The molecule has 0 bridgehead atoms. The standard InChI is InChI=1S/C17H20O2/c1-4-13(14-7-5-9-16(18)11(14)2)15-8-6-10-17(19)12(15)3/h5-10,13,18-19H,4H2,1-3H3. The molecule has 0 saturated carbocycles. The Balaban J connectivity index is 2.57. The first kappa shape index (κ1) is 13.5. The predicted octanol–water partition coefficient (Wildman–Crippen LogP) is 4.26. The van der Waals surface area contributed by atoms with Crippen molar-refractivity contribution in [1.82, 2.24) is 0 Å². The van der Waals surface area contributed by atoms with Gasteiger partial charge in [-0.3, -0.25) is 0 Å². The Morgan fingerprint density at radius 3 is 1.63 bits per heavy atom. The van der Waals surface area contributed by atoms with Gasteiger partial charge in [0.25, 0.3) is 0 Å². The van der Waals surface area contributed by atoms with Crippen LogP contribution in [0, 0.1) is 13.8 Å². The van der Waals surface area contributed by atoms with E-state index in [1.807, 2.05) is 38.1 Å². The van der Waals surface area contributed by atoms with Crippen molar-refractivity contribution >= 4 is 0 Å². The van der Waals surface area contributed by atoms with Gasteiger partial charge in [0.1, 0.15) is 11.5 Å². The van der Waals surface area contributed by atoms with Crippen molar-refractivity contribution in [2.45, 2.75) is 33.1 Å². The fourth-order valence-electron chi connectivity index (χ4n) is 2.64. The maximum absolute atomic E-state index is 9.87. The molecule has 0 aliphatic heterocycles. The molecule has 0 radical (unpaired) electrons. The van der Waals surface area contributed by atoms with Crippen LogP contribution in [0.3, 0.4) is 0 Å². The third kappa shape index (κ3) is 2.43. The lowest BCUT2D eigenvalue weighted by molar-refractivity contribution is 0.468. The lowest BCUT2D eigenvalue weighted by Gasteiger charge is -2.21. The highest BCUT2D eigenvalue weighted by atomic mass is 16.3. The molecule has 0 saturated heterocycles. The van der Waals surface area contributed by atoms with Gasteiger partial charge in [-0.15, -0.1) is 0 Å². The molecule has 2 heteroatoms. The number of aromatic hydroxyl groups is 2. The van der Waals surface area contributed by atoms with Gasteiger partial charge in [0, 0.05) is 5.92 Å². The molecule has 0 aromatic heterocycles. The second kappa shape index (κ2) is 5.35. The van der Waals surface area contributed by atoms with E-state index in [1.54, 1.807) is 12.1 Å². The fourth-order valence-corrected chi connectivity index (χ4v) is 2.64. The second-order valence-corrected chi connectivity index (χ2v) is 4.94. The van der Waals surface area contributed by atoms with Crippen molar-refractivity contribution < 1.29 is 10.2 Å². The molecule has 0 aliphatic carbocycles. The van der Waals surface area contributed by atoms with Gasteiger partial charge in [-0.2, -0.15) is 0 Å². The van der Waals surface area contributed by atoms with Gasteiger partial charge in [0.15, 0.2) is 0 Å². The zero-order valence-electron chi connectivity index (χ0n) is 11.6. The summed E-state index contributed by atoms with van der Waals surface area (Å²) in [5, 5.41) is 19.7. The van der Waals surface area contributed by atoms with Crippen molar-refractivity contribution in [3.05, 3.63) is 58.7 Å². The van der Waals surface area contributed by atoms with Crippen molar-refractivity contribution in [2.24, 2.45) is 0 Å². The first-order valence-electron chi connectivity index (χ1n) is 6.63. The summed E-state index contributed by atoms with van der Waals surface area (Å²) < 4.78 is 0. The van der Waals surface area contributed by atoms with E-state index in [2.05, 4.69) is 6.92 Å². The number of benzene rings is 2. The largest absolute Gasteiger partial charge is 0.508 e. The SMILES string of the molecule is CCC(c1cccc(O)c1C)c1cccc(O)c1C. The van der Waals surface area contributed by atoms with Crippen LogP contribution in [0.25, 0.3) is 0 Å². The zero-order valence-corrected chi connectivity index (χ0v) is 11.6. The number of phenols is 2. The Morgan fingerprint density at radius 2 is 1.26 bits per heavy atom. The molecule has 2 aromatic rings. The van der Waals surface area contributed by atoms with Gasteiger partial charge in [-0.1, -0.05) is 31.2 Å². The maximum Gasteiger partial charge on any atom is 0.118 e. The van der Waals surface area contributed by atoms with Gasteiger partial charge in [0.2, 0.25) is 0 Å². The Labute approximate surface area is 114 Å². The molecule has 0 atom stereocenters. The minimum Gasteiger partial charge on any atom is -0.508 e. The van der Waals surface area contributed by atoms with Crippen LogP contribution in [-0.2, 0) is 0 Å². The summed E-state index contributed by atoms with van der Waals surface area (Å²) in [4.78, 5) is 0. The van der Waals surface area contributed by atoms with E-state index in [-0.39, 0.29) is 5.92 Å². The Morgan fingerprint density at radius 1 is 0.842 bits per heavy atom. The Hall–Kier alpha value is -1.96. The first-order chi connectivity index (χ1) is 9.06. The molecule has 0 unspecified atom stereocenters. The average molecular weight is 256 g/mol. The molecule has 0 amide bonds. The maximum atomic E-state index is 9.87. The summed E-state index contributed by atoms with van der Waals surface area (Å²) in [6.07, 6.45) is 0.925. The van der Waals surface area contributed by atoms with E-state index in [0.717, 1.165) is 28.7 Å². The molecule has 2 N–H and O–H groups in total. The lowest BCUT2D eigenvalue weighted by atomic mass is 9.84. The topological polar surface area (TPSA) is 40.5 Å². The highest BCUT2D eigenvalue weighted by Gasteiger charge is 2.18.